The van der Waals surface area contributed by atoms with Crippen LogP contribution in [0.15, 0.2) is 159 Å². The van der Waals surface area contributed by atoms with Crippen LogP contribution in [-0.2, 0) is 27.9 Å². The lowest BCUT2D eigenvalue weighted by Gasteiger charge is -2.32. The molecule has 474 valence electrons. The molecule has 0 N–H and O–H groups in total. The standard InChI is InChI=1S/C30H25BN8O2.C24H13ClN8.C12H24B2O4.2CH4/c1-29(2)30(3,4)41-31(40-29)26-35-27(38-22-14-6-5-10-18(22)19-11-7-15-32-23(19)38)37-28(36-26)39-24-20(12-8-16-33-24)21-13-9-17-34-25(21)39;25-22-29-23(32-18-10-2-1-6-14(18)15-7-3-11-26-19(15)32)31-24(30-22)33-20-16(8-4-12-27-20)17-9-5-13-28-21(17)33;1-9(2)10(3,4)16-13(15-9)14-17-11(5,6)12(7,8)18-14;;/h5-17H,1-4H3;1-13H;1-8H3;2*1H4. The van der Waals surface area contributed by atoms with Gasteiger partial charge in [0.1, 0.15) is 33.9 Å². The Morgan fingerprint density at radius 3 is 0.872 bits per heavy atom. The Morgan fingerprint density at radius 1 is 0.298 bits per heavy atom. The third-order valence-corrected chi connectivity index (χ3v) is 18.9. The van der Waals surface area contributed by atoms with Gasteiger partial charge < -0.3 is 27.9 Å². The summed E-state index contributed by atoms with van der Waals surface area (Å²) in [7, 11) is -1.76. The third-order valence-electron chi connectivity index (χ3n) is 18.7. The van der Waals surface area contributed by atoms with Crippen molar-refractivity contribution in [3.05, 3.63) is 164 Å². The van der Waals surface area contributed by atoms with Crippen molar-refractivity contribution in [3.63, 3.8) is 0 Å². The van der Waals surface area contributed by atoms with E-state index < -0.39 is 32.3 Å². The van der Waals surface area contributed by atoms with Crippen molar-refractivity contribution in [2.45, 2.75) is 132 Å². The molecule has 0 saturated carbocycles. The van der Waals surface area contributed by atoms with E-state index in [1.54, 1.807) is 37.2 Å². The summed E-state index contributed by atoms with van der Waals surface area (Å²) in [5, 5.41) is 8.00. The highest BCUT2D eigenvalue weighted by Gasteiger charge is 2.64. The highest BCUT2D eigenvalue weighted by atomic mass is 35.5. The number of para-hydroxylation sites is 2. The van der Waals surface area contributed by atoms with Crippen molar-refractivity contribution in [1.29, 1.82) is 0 Å². The average Bonchev–Trinajstić information content (AvgIpc) is 1.58. The third kappa shape index (κ3) is 10.3. The van der Waals surface area contributed by atoms with E-state index in [9.17, 15) is 0 Å². The van der Waals surface area contributed by atoms with Crippen LogP contribution >= 0.6 is 11.6 Å². The minimum atomic E-state index is -0.810. The highest BCUT2D eigenvalue weighted by molar-refractivity contribution is 7.11. The summed E-state index contributed by atoms with van der Waals surface area (Å²) in [5.74, 6) is 1.46. The van der Waals surface area contributed by atoms with Crippen LogP contribution in [0.3, 0.4) is 0 Å². The lowest BCUT2D eigenvalue weighted by molar-refractivity contribution is 0.00578. The van der Waals surface area contributed by atoms with E-state index in [1.165, 1.54) is 0 Å². The predicted molar refractivity (Wildman–Crippen MR) is 370 cm³/mol. The van der Waals surface area contributed by atoms with E-state index in [-0.39, 0.29) is 42.5 Å². The molecule has 26 heteroatoms. The fourth-order valence-corrected chi connectivity index (χ4v) is 12.0. The fraction of sp³-hybridized carbons (Fsp3) is 0.294. The number of hydrogen-bond acceptors (Lipinski definition) is 18. The van der Waals surface area contributed by atoms with Crippen molar-refractivity contribution in [3.8, 4) is 23.8 Å². The number of pyridine rings is 6. The Bertz CT molecular complexity index is 4710. The van der Waals surface area contributed by atoms with Crippen LogP contribution in [0.2, 0.25) is 5.28 Å². The van der Waals surface area contributed by atoms with E-state index in [1.807, 2.05) is 204 Å². The smallest absolute Gasteiger partial charge is 0.405 e. The molecule has 0 radical (unpaired) electrons. The van der Waals surface area contributed by atoms with Gasteiger partial charge in [-0.2, -0.15) is 19.9 Å². The van der Waals surface area contributed by atoms with Gasteiger partial charge in [0.2, 0.25) is 29.1 Å². The zero-order valence-electron chi connectivity index (χ0n) is 52.7. The molecule has 15 heterocycles. The molecule has 12 aromatic heterocycles. The average molecular weight is 1280 g/mol. The molecule has 94 heavy (non-hydrogen) atoms. The first-order chi connectivity index (χ1) is 44.0. The first-order valence-electron chi connectivity index (χ1n) is 30.3. The van der Waals surface area contributed by atoms with Gasteiger partial charge in [-0.1, -0.05) is 51.3 Å². The van der Waals surface area contributed by atoms with Crippen LogP contribution < -0.4 is 5.72 Å². The van der Waals surface area contributed by atoms with Crippen molar-refractivity contribution < 1.29 is 27.9 Å². The minimum absolute atomic E-state index is 0. The molecule has 0 spiro atoms. The van der Waals surface area contributed by atoms with Gasteiger partial charge in [0, 0.05) is 80.3 Å². The molecule has 0 amide bonds. The Labute approximate surface area is 548 Å². The van der Waals surface area contributed by atoms with Crippen molar-refractivity contribution in [1.82, 2.24) is 78.1 Å². The van der Waals surface area contributed by atoms with Gasteiger partial charge in [0.25, 0.3) is 0 Å². The normalized spacial score (nSPS) is 17.4. The van der Waals surface area contributed by atoms with Crippen molar-refractivity contribution >= 4 is 126 Å². The van der Waals surface area contributed by atoms with E-state index in [4.69, 9.17) is 74.4 Å². The molecule has 2 aromatic carbocycles. The van der Waals surface area contributed by atoms with Gasteiger partial charge >= 0.3 is 21.1 Å². The number of nitrogens with zero attached hydrogens (tertiary/aromatic N) is 16. The molecule has 0 aliphatic carbocycles. The lowest BCUT2D eigenvalue weighted by atomic mass is 9.49. The first kappa shape index (κ1) is 63.6. The molecule has 0 bridgehead atoms. The molecule has 3 fully saturated rings. The number of aromatic nitrogens is 16. The van der Waals surface area contributed by atoms with Gasteiger partial charge in [-0.05, 0) is 180 Å². The van der Waals surface area contributed by atoms with Crippen LogP contribution in [-0.4, -0.2) is 133 Å². The minimum Gasteiger partial charge on any atom is -0.405 e. The van der Waals surface area contributed by atoms with E-state index in [0.29, 0.717) is 52.1 Å². The Hall–Kier alpha value is -9.20. The molecule has 0 atom stereocenters. The largest absolute Gasteiger partial charge is 0.535 e. The number of fused-ring (bicyclic) bond motifs is 12. The molecular formula is C68H70B3ClN16O6. The van der Waals surface area contributed by atoms with Gasteiger partial charge in [-0.15, -0.1) is 0 Å². The summed E-state index contributed by atoms with van der Waals surface area (Å²) in [6, 6.07) is 39.8. The maximum absolute atomic E-state index is 6.44. The van der Waals surface area contributed by atoms with Crippen LogP contribution in [0.5, 0.6) is 0 Å². The van der Waals surface area contributed by atoms with Crippen LogP contribution in [0.1, 0.15) is 97.9 Å². The number of hydrogen-bond donors (Lipinski definition) is 0. The lowest BCUT2D eigenvalue weighted by Crippen LogP contribution is -2.41. The second kappa shape index (κ2) is 23.1. The van der Waals surface area contributed by atoms with Gasteiger partial charge in [0.15, 0.2) is 5.72 Å². The summed E-state index contributed by atoms with van der Waals surface area (Å²) < 4.78 is 44.2. The summed E-state index contributed by atoms with van der Waals surface area (Å²) >= 11 is 6.44. The zero-order valence-corrected chi connectivity index (χ0v) is 53.5. The van der Waals surface area contributed by atoms with Crippen molar-refractivity contribution in [2.24, 2.45) is 0 Å². The predicted octanol–water partition coefficient (Wildman–Crippen LogP) is 13.0. The summed E-state index contributed by atoms with van der Waals surface area (Å²) in [6.07, 6.45) is 10.5. The second-order valence-electron chi connectivity index (χ2n) is 26.0. The monoisotopic (exact) mass is 1270 g/mol. The maximum atomic E-state index is 6.44. The maximum Gasteiger partial charge on any atom is 0.535 e. The topological polar surface area (TPSA) is 230 Å². The zero-order chi connectivity index (χ0) is 63.9. The van der Waals surface area contributed by atoms with Crippen molar-refractivity contribution in [2.75, 3.05) is 0 Å². The molecule has 14 aromatic rings. The Balaban J connectivity index is 0.000000136. The number of rotatable bonds is 6. The molecule has 3 saturated heterocycles. The molecular weight excluding hydrogens is 1200 g/mol. The van der Waals surface area contributed by atoms with Crippen LogP contribution in [0, 0.1) is 0 Å². The number of halogens is 1. The molecule has 3 aliphatic heterocycles. The SMILES string of the molecule is C.C.CC1(C)OB(B2OC(C)(C)C(C)(C)O2)OC1(C)C.CC1(C)OB(c2nc(-n3c4ccccc4c4cccnc43)nc(-n3c4ncccc4c4cccnc43)n2)OC1(C)C.Clc1nc(-n2c3ccccc3c3cccnc32)nc(-n2c3ncccc3c3cccnc32)n1. The van der Waals surface area contributed by atoms with Crippen LogP contribution in [0.25, 0.3) is 112 Å². The Morgan fingerprint density at radius 2 is 0.543 bits per heavy atom. The van der Waals surface area contributed by atoms with Crippen LogP contribution in [0.4, 0.5) is 0 Å². The summed E-state index contributed by atoms with van der Waals surface area (Å²) in [4.78, 5) is 56.5. The Kier molecular flexibility index (Phi) is 15.6. The van der Waals surface area contributed by atoms with E-state index >= 15 is 0 Å². The quantitative estimate of drug-likeness (QED) is 0.141. The summed E-state index contributed by atoms with van der Waals surface area (Å²) in [5.41, 5.74) is 3.88. The van der Waals surface area contributed by atoms with Gasteiger partial charge in [0.05, 0.1) is 44.6 Å². The van der Waals surface area contributed by atoms with E-state index in [2.05, 4.69) is 43.1 Å². The van der Waals surface area contributed by atoms with Gasteiger partial charge in [-0.25, -0.2) is 49.0 Å². The van der Waals surface area contributed by atoms with Gasteiger partial charge in [-0.3, -0.25) is 9.13 Å². The second-order valence-corrected chi connectivity index (χ2v) is 26.3. The fourth-order valence-electron chi connectivity index (χ4n) is 11.9. The molecule has 3 aliphatic rings. The molecule has 0 unspecified atom stereocenters. The molecule has 22 nitrogen and oxygen atoms in total. The highest BCUT2D eigenvalue weighted by Crippen LogP contribution is 2.44. The molecule has 17 rings (SSSR count). The first-order valence-corrected chi connectivity index (χ1v) is 30.7. The summed E-state index contributed by atoms with van der Waals surface area (Å²) in [6.45, 7) is 24.2. The van der Waals surface area contributed by atoms with E-state index in [0.717, 1.165) is 65.4 Å². The number of benzene rings is 2.